The lowest BCUT2D eigenvalue weighted by molar-refractivity contribution is -0.144. The average molecular weight is 562 g/mol. The number of para-hydroxylation sites is 2. The minimum Gasteiger partial charge on any atom is -0.465 e. The summed E-state index contributed by atoms with van der Waals surface area (Å²) in [7, 11) is 0. The third kappa shape index (κ3) is 5.31. The molecule has 0 N–H and O–H groups in total. The van der Waals surface area contributed by atoms with Crippen LogP contribution in [0.3, 0.4) is 0 Å². The van der Waals surface area contributed by atoms with Crippen LogP contribution in [0, 0.1) is 11.8 Å². The number of ether oxygens (including phenoxy) is 1. The van der Waals surface area contributed by atoms with E-state index in [1.54, 1.807) is 0 Å². The summed E-state index contributed by atoms with van der Waals surface area (Å²) in [6, 6.07) is 10.4. The Kier molecular flexibility index (Phi) is 7.80. The molecular formula is C33H47N5O3. The van der Waals surface area contributed by atoms with Gasteiger partial charge in [0.1, 0.15) is 0 Å². The number of likely N-dealkylation sites (tertiary alicyclic amines) is 1. The highest BCUT2D eigenvalue weighted by Gasteiger charge is 2.45. The molecule has 1 aromatic carbocycles. The summed E-state index contributed by atoms with van der Waals surface area (Å²) in [5, 5.41) is 0. The molecule has 5 aliphatic rings. The van der Waals surface area contributed by atoms with Gasteiger partial charge in [0.2, 0.25) is 0 Å². The normalized spacial score (nSPS) is 31.3. The number of hydrogen-bond donors (Lipinski definition) is 0. The van der Waals surface area contributed by atoms with E-state index in [-0.39, 0.29) is 17.6 Å². The van der Waals surface area contributed by atoms with Crippen molar-refractivity contribution in [3.05, 3.63) is 34.6 Å². The van der Waals surface area contributed by atoms with E-state index in [4.69, 9.17) is 9.72 Å². The quantitative estimate of drug-likeness (QED) is 0.477. The molecule has 1 saturated carbocycles. The molecule has 2 bridgehead atoms. The van der Waals surface area contributed by atoms with E-state index in [1.807, 2.05) is 13.0 Å². The van der Waals surface area contributed by atoms with Crippen molar-refractivity contribution >= 4 is 22.8 Å². The van der Waals surface area contributed by atoms with Crippen LogP contribution < -0.4 is 10.5 Å². The molecule has 0 radical (unpaired) electrons. The molecule has 41 heavy (non-hydrogen) atoms. The van der Waals surface area contributed by atoms with E-state index >= 15 is 0 Å². The number of carbonyl (C=O) groups is 1. The standard InChI is InChI=1S/C33H47N5O3/c1-2-41-31(39)22-35-18-23-20-36(21-24(23)19-35)32-33(40)38(30-13-9-8-12-29(30)34-32)28-16-26-14-15-27(17-28)37(26)25-10-6-4-3-5-7-11-25/h8-9,12-13,23-28H,2-7,10-11,14-22H2,1H3/t23?,24?,26-,27+,28+. The summed E-state index contributed by atoms with van der Waals surface area (Å²) >= 11 is 0. The van der Waals surface area contributed by atoms with Gasteiger partial charge in [0.15, 0.2) is 5.82 Å². The van der Waals surface area contributed by atoms with Crippen molar-refractivity contribution in [1.82, 2.24) is 19.4 Å². The van der Waals surface area contributed by atoms with Crippen LogP contribution in [0.5, 0.6) is 0 Å². The predicted molar refractivity (Wildman–Crippen MR) is 161 cm³/mol. The van der Waals surface area contributed by atoms with Crippen molar-refractivity contribution in [3.63, 3.8) is 0 Å². The second kappa shape index (κ2) is 11.7. The fraction of sp³-hybridized carbons (Fsp3) is 0.727. The van der Waals surface area contributed by atoms with Crippen molar-refractivity contribution in [2.45, 2.75) is 102 Å². The molecule has 1 aliphatic carbocycles. The van der Waals surface area contributed by atoms with Crippen molar-refractivity contribution in [2.75, 3.05) is 44.2 Å². The molecule has 8 nitrogen and oxygen atoms in total. The van der Waals surface area contributed by atoms with Crippen molar-refractivity contribution in [2.24, 2.45) is 11.8 Å². The molecule has 0 spiro atoms. The first-order valence-corrected chi connectivity index (χ1v) is 16.5. The number of benzene rings is 1. The van der Waals surface area contributed by atoms with Gasteiger partial charge in [-0.2, -0.15) is 0 Å². The lowest BCUT2D eigenvalue weighted by atomic mass is 9.89. The van der Waals surface area contributed by atoms with Crippen LogP contribution in [0.2, 0.25) is 0 Å². The summed E-state index contributed by atoms with van der Waals surface area (Å²) in [4.78, 5) is 38.7. The maximum absolute atomic E-state index is 14.3. The van der Waals surface area contributed by atoms with Crippen molar-refractivity contribution in [3.8, 4) is 0 Å². The summed E-state index contributed by atoms with van der Waals surface area (Å²) in [5.41, 5.74) is 2.01. The van der Waals surface area contributed by atoms with Gasteiger partial charge in [-0.25, -0.2) is 4.98 Å². The number of rotatable bonds is 6. The van der Waals surface area contributed by atoms with Gasteiger partial charge < -0.3 is 14.2 Å². The molecule has 4 saturated heterocycles. The summed E-state index contributed by atoms with van der Waals surface area (Å²) in [5.74, 6) is 1.39. The molecule has 2 unspecified atom stereocenters. The van der Waals surface area contributed by atoms with Gasteiger partial charge in [0, 0.05) is 50.3 Å². The maximum atomic E-state index is 14.3. The number of aromatic nitrogens is 2. The van der Waals surface area contributed by atoms with Crippen LogP contribution in [0.25, 0.3) is 11.0 Å². The molecule has 5 fully saturated rings. The zero-order chi connectivity index (χ0) is 27.9. The first-order chi connectivity index (χ1) is 20.1. The molecule has 5 atom stereocenters. The van der Waals surface area contributed by atoms with Gasteiger partial charge in [-0.1, -0.05) is 44.2 Å². The highest BCUT2D eigenvalue weighted by atomic mass is 16.5. The highest BCUT2D eigenvalue weighted by Crippen LogP contribution is 2.44. The summed E-state index contributed by atoms with van der Waals surface area (Å²) < 4.78 is 7.32. The SMILES string of the molecule is CCOC(=O)CN1CC2CN(c3nc4ccccc4n([C@H]4C[C@H]5CC[C@@H](C4)N5C4CCCCCCC4)c3=O)CC2C1. The molecule has 4 aliphatic heterocycles. The first-order valence-electron chi connectivity index (χ1n) is 16.5. The Morgan fingerprint density at radius 3 is 2.20 bits per heavy atom. The fourth-order valence-corrected chi connectivity index (χ4v) is 9.22. The molecule has 2 aromatic rings. The van der Waals surface area contributed by atoms with Gasteiger partial charge in [-0.15, -0.1) is 0 Å². The smallest absolute Gasteiger partial charge is 0.320 e. The van der Waals surface area contributed by atoms with E-state index in [2.05, 4.69) is 37.5 Å². The van der Waals surface area contributed by atoms with Crippen LogP contribution >= 0.6 is 0 Å². The molecule has 0 amide bonds. The number of piperidine rings is 1. The van der Waals surface area contributed by atoms with E-state index in [9.17, 15) is 9.59 Å². The largest absolute Gasteiger partial charge is 0.465 e. The molecule has 1 aromatic heterocycles. The number of anilines is 1. The second-order valence-electron chi connectivity index (χ2n) is 13.5. The average Bonchev–Trinajstić information content (AvgIpc) is 3.57. The lowest BCUT2D eigenvalue weighted by Crippen LogP contribution is -2.50. The van der Waals surface area contributed by atoms with E-state index in [1.165, 1.54) is 57.8 Å². The minimum atomic E-state index is -0.141. The predicted octanol–water partition coefficient (Wildman–Crippen LogP) is 4.61. The Balaban J connectivity index is 1.12. The van der Waals surface area contributed by atoms with Crippen LogP contribution in [-0.4, -0.2) is 82.8 Å². The Hall–Kier alpha value is -2.45. The van der Waals surface area contributed by atoms with Crippen LogP contribution in [0.1, 0.15) is 83.6 Å². The Morgan fingerprint density at radius 2 is 1.51 bits per heavy atom. The highest BCUT2D eigenvalue weighted by molar-refractivity contribution is 5.76. The molecular weight excluding hydrogens is 514 g/mol. The number of nitrogens with zero attached hydrogens (tertiary/aromatic N) is 5. The lowest BCUT2D eigenvalue weighted by Gasteiger charge is -2.45. The first kappa shape index (κ1) is 27.4. The van der Waals surface area contributed by atoms with Crippen molar-refractivity contribution in [1.29, 1.82) is 0 Å². The molecule has 7 rings (SSSR count). The van der Waals surface area contributed by atoms with Crippen molar-refractivity contribution < 1.29 is 9.53 Å². The maximum Gasteiger partial charge on any atom is 0.320 e. The number of hydrogen-bond acceptors (Lipinski definition) is 7. The summed E-state index contributed by atoms with van der Waals surface area (Å²) in [6.07, 6.45) is 14.4. The molecule has 8 heteroatoms. The van der Waals surface area contributed by atoms with E-state index in [0.29, 0.717) is 42.9 Å². The molecule has 222 valence electrons. The van der Waals surface area contributed by atoms with Gasteiger partial charge in [-0.3, -0.25) is 19.4 Å². The second-order valence-corrected chi connectivity index (χ2v) is 13.5. The van der Waals surface area contributed by atoms with Gasteiger partial charge in [-0.05, 0) is 69.4 Å². The third-order valence-corrected chi connectivity index (χ3v) is 10.9. The van der Waals surface area contributed by atoms with Crippen LogP contribution in [0.15, 0.2) is 29.1 Å². The topological polar surface area (TPSA) is 70.9 Å². The number of carbonyl (C=O) groups excluding carboxylic acids is 1. The van der Waals surface area contributed by atoms with Gasteiger partial charge in [0.05, 0.1) is 24.2 Å². The third-order valence-electron chi connectivity index (χ3n) is 10.9. The number of fused-ring (bicyclic) bond motifs is 4. The monoisotopic (exact) mass is 561 g/mol. The molecule has 5 heterocycles. The minimum absolute atomic E-state index is 0.0934. The Morgan fingerprint density at radius 1 is 0.854 bits per heavy atom. The van der Waals surface area contributed by atoms with Crippen LogP contribution in [0.4, 0.5) is 5.82 Å². The van der Waals surface area contributed by atoms with E-state index < -0.39 is 0 Å². The summed E-state index contributed by atoms with van der Waals surface area (Å²) in [6.45, 7) is 6.06. The zero-order valence-corrected chi connectivity index (χ0v) is 24.8. The van der Waals surface area contributed by atoms with Gasteiger partial charge >= 0.3 is 5.97 Å². The number of esters is 1. The Bertz CT molecular complexity index is 1280. The fourth-order valence-electron chi connectivity index (χ4n) is 9.22. The van der Waals surface area contributed by atoms with E-state index in [0.717, 1.165) is 56.1 Å². The van der Waals surface area contributed by atoms with Crippen LogP contribution in [-0.2, 0) is 9.53 Å². The van der Waals surface area contributed by atoms with Gasteiger partial charge in [0.25, 0.3) is 5.56 Å². The zero-order valence-electron chi connectivity index (χ0n) is 24.8. The Labute approximate surface area is 244 Å².